The van der Waals surface area contributed by atoms with Crippen molar-refractivity contribution in [2.24, 2.45) is 5.92 Å². The first kappa shape index (κ1) is 32.6. The monoisotopic (exact) mass is 668 g/mol. The van der Waals surface area contributed by atoms with Gasteiger partial charge in [-0.3, -0.25) is 4.79 Å². The zero-order valence-electron chi connectivity index (χ0n) is 26.9. The maximum absolute atomic E-state index is 12.9. The molecule has 1 amide bonds. The Morgan fingerprint density at radius 1 is 0.776 bits per heavy atom. The van der Waals surface area contributed by atoms with Gasteiger partial charge in [0.25, 0.3) is 11.1 Å². The number of aromatic nitrogens is 1. The maximum atomic E-state index is 12.9. The van der Waals surface area contributed by atoms with Crippen molar-refractivity contribution in [3.05, 3.63) is 162 Å². The highest BCUT2D eigenvalue weighted by Gasteiger charge is 2.39. The van der Waals surface area contributed by atoms with Gasteiger partial charge in [-0.25, -0.2) is 4.98 Å². The van der Waals surface area contributed by atoms with Crippen LogP contribution in [0.25, 0.3) is 22.6 Å². The van der Waals surface area contributed by atoms with E-state index in [4.69, 9.17) is 18.9 Å². The van der Waals surface area contributed by atoms with Crippen molar-refractivity contribution in [2.75, 3.05) is 11.1 Å². The van der Waals surface area contributed by atoms with Crippen molar-refractivity contribution in [3.8, 4) is 22.6 Å². The molecular formula is C41H36N2O5S. The minimum atomic E-state index is -0.692. The molecule has 246 valence electrons. The van der Waals surface area contributed by atoms with Crippen molar-refractivity contribution in [2.45, 2.75) is 37.3 Å². The predicted molar refractivity (Wildman–Crippen MR) is 192 cm³/mol. The number of carbonyl (C=O) groups excluding carboxylic acids is 1. The van der Waals surface area contributed by atoms with Gasteiger partial charge < -0.3 is 24.3 Å². The molecule has 7 rings (SSSR count). The van der Waals surface area contributed by atoms with E-state index in [-0.39, 0.29) is 30.6 Å². The third-order valence-corrected chi connectivity index (χ3v) is 9.55. The largest absolute Gasteiger partial charge is 0.431 e. The highest BCUT2D eigenvalue weighted by Crippen LogP contribution is 2.44. The van der Waals surface area contributed by atoms with Gasteiger partial charge in [0.05, 0.1) is 18.8 Å². The second kappa shape index (κ2) is 15.1. The molecule has 0 spiro atoms. The average molecular weight is 669 g/mol. The number of rotatable bonds is 10. The Hall–Kier alpha value is -4.99. The fourth-order valence-corrected chi connectivity index (χ4v) is 6.95. The van der Waals surface area contributed by atoms with Crippen molar-refractivity contribution in [1.82, 2.24) is 4.98 Å². The number of amides is 1. The molecule has 0 aliphatic carbocycles. The molecule has 0 bridgehead atoms. The molecule has 1 aliphatic rings. The van der Waals surface area contributed by atoms with E-state index in [0.29, 0.717) is 22.2 Å². The van der Waals surface area contributed by atoms with Crippen LogP contribution in [0.5, 0.6) is 0 Å². The third kappa shape index (κ3) is 7.53. The normalized spacial score (nSPS) is 19.0. The summed E-state index contributed by atoms with van der Waals surface area (Å²) >= 11 is 1.52. The maximum Gasteiger partial charge on any atom is 0.256 e. The van der Waals surface area contributed by atoms with Crippen LogP contribution < -0.4 is 5.32 Å². The van der Waals surface area contributed by atoms with Gasteiger partial charge in [0, 0.05) is 39.6 Å². The van der Waals surface area contributed by atoms with E-state index in [0.717, 1.165) is 39.3 Å². The molecule has 1 aromatic heterocycles. The van der Waals surface area contributed by atoms with E-state index in [1.165, 1.54) is 11.8 Å². The number of nitrogens with one attached hydrogen (secondary N) is 1. The summed E-state index contributed by atoms with van der Waals surface area (Å²) in [4.78, 5) is 17.9. The SMILES string of the molecule is C[C@@H]1[C@H](CSc2nc(-c3ccccc3)c(-c3ccccc3)o2)O[C@H](c2cccc(NC(=O)c3ccccc3)c2)O[C@@H]1c1ccc(CO)cc1. The number of nitrogens with zero attached hydrogens (tertiary/aromatic N) is 1. The number of ether oxygens (including phenoxy) is 2. The second-order valence-electron chi connectivity index (χ2n) is 12.0. The summed E-state index contributed by atoms with van der Waals surface area (Å²) in [6.07, 6.45) is -1.22. The number of hydrogen-bond donors (Lipinski definition) is 2. The van der Waals surface area contributed by atoms with Crippen LogP contribution in [0.4, 0.5) is 5.69 Å². The fraction of sp³-hybridized carbons (Fsp3) is 0.171. The number of aliphatic hydroxyl groups excluding tert-OH is 1. The van der Waals surface area contributed by atoms with Crippen molar-refractivity contribution in [1.29, 1.82) is 0 Å². The van der Waals surface area contributed by atoms with E-state index in [1.54, 1.807) is 12.1 Å². The number of carbonyl (C=O) groups is 1. The number of benzene rings is 5. The van der Waals surface area contributed by atoms with Crippen LogP contribution in [-0.2, 0) is 16.1 Å². The first-order valence-corrected chi connectivity index (χ1v) is 17.3. The van der Waals surface area contributed by atoms with Gasteiger partial charge in [-0.05, 0) is 35.4 Å². The van der Waals surface area contributed by atoms with E-state index in [1.807, 2.05) is 127 Å². The Kier molecular flexibility index (Phi) is 10.0. The van der Waals surface area contributed by atoms with Crippen LogP contribution in [-0.4, -0.2) is 27.9 Å². The quantitative estimate of drug-likeness (QED) is 0.141. The summed E-state index contributed by atoms with van der Waals surface area (Å²) in [5.74, 6) is 1.08. The molecule has 2 N–H and O–H groups in total. The molecule has 8 heteroatoms. The minimum absolute atomic E-state index is 0.0261. The number of thioether (sulfide) groups is 1. The van der Waals surface area contributed by atoms with Crippen molar-refractivity contribution < 1.29 is 23.8 Å². The van der Waals surface area contributed by atoms with Gasteiger partial charge in [0.2, 0.25) is 0 Å². The Labute approximate surface area is 290 Å². The second-order valence-corrected chi connectivity index (χ2v) is 12.9. The third-order valence-electron chi connectivity index (χ3n) is 8.64. The molecule has 5 aromatic carbocycles. The summed E-state index contributed by atoms with van der Waals surface area (Å²) in [7, 11) is 0. The smallest absolute Gasteiger partial charge is 0.256 e. The molecular weight excluding hydrogens is 633 g/mol. The molecule has 6 aromatic rings. The first-order chi connectivity index (χ1) is 24.1. The zero-order valence-corrected chi connectivity index (χ0v) is 27.8. The molecule has 7 nitrogen and oxygen atoms in total. The van der Waals surface area contributed by atoms with Gasteiger partial charge in [-0.2, -0.15) is 0 Å². The lowest BCUT2D eigenvalue weighted by Crippen LogP contribution is -2.38. The average Bonchev–Trinajstić information content (AvgIpc) is 3.60. The number of hydrogen-bond acceptors (Lipinski definition) is 7. The molecule has 1 aliphatic heterocycles. The fourth-order valence-electron chi connectivity index (χ4n) is 5.96. The topological polar surface area (TPSA) is 93.8 Å². The van der Waals surface area contributed by atoms with Crippen LogP contribution in [0.3, 0.4) is 0 Å². The molecule has 4 atom stereocenters. The zero-order chi connectivity index (χ0) is 33.6. The van der Waals surface area contributed by atoms with Crippen molar-refractivity contribution in [3.63, 3.8) is 0 Å². The summed E-state index contributed by atoms with van der Waals surface area (Å²) in [6.45, 7) is 2.10. The van der Waals surface area contributed by atoms with Gasteiger partial charge in [-0.15, -0.1) is 0 Å². The van der Waals surface area contributed by atoms with Crippen LogP contribution in [0, 0.1) is 5.92 Å². The molecule has 0 unspecified atom stereocenters. The summed E-state index contributed by atoms with van der Waals surface area (Å²) < 4.78 is 19.8. The van der Waals surface area contributed by atoms with E-state index < -0.39 is 6.29 Å². The first-order valence-electron chi connectivity index (χ1n) is 16.3. The van der Waals surface area contributed by atoms with Gasteiger partial charge in [-0.1, -0.05) is 134 Å². The Morgan fingerprint density at radius 3 is 2.14 bits per heavy atom. The molecule has 49 heavy (non-hydrogen) atoms. The van der Waals surface area contributed by atoms with Crippen molar-refractivity contribution >= 4 is 23.4 Å². The van der Waals surface area contributed by atoms with Gasteiger partial charge in [0.15, 0.2) is 12.1 Å². The van der Waals surface area contributed by atoms with Crippen LogP contribution in [0.2, 0.25) is 0 Å². The van der Waals surface area contributed by atoms with Crippen LogP contribution in [0.15, 0.2) is 149 Å². The highest BCUT2D eigenvalue weighted by molar-refractivity contribution is 7.99. The number of anilines is 1. The summed E-state index contributed by atoms with van der Waals surface area (Å²) in [5.41, 5.74) is 6.58. The standard InChI is InChI=1S/C41H36N2O5S/c1-27-35(26-49-41-43-36(29-12-5-2-6-13-29)38(48-41)30-14-7-3-8-15-30)46-40(47-37(27)31-22-20-28(25-44)21-23-31)33-18-11-19-34(24-33)42-39(45)32-16-9-4-10-17-32/h2-24,27,35,37,40,44H,25-26H2,1H3,(H,42,45)/t27-,35+,37+,40+/m1/s1. The molecule has 1 fully saturated rings. The Balaban J connectivity index is 1.16. The molecule has 0 radical (unpaired) electrons. The number of aliphatic hydroxyl groups is 1. The lowest BCUT2D eigenvalue weighted by molar-refractivity contribution is -0.268. The molecule has 1 saturated heterocycles. The van der Waals surface area contributed by atoms with E-state index in [9.17, 15) is 9.90 Å². The summed E-state index contributed by atoms with van der Waals surface area (Å²) in [6, 6.07) is 44.6. The lowest BCUT2D eigenvalue weighted by atomic mass is 9.91. The van der Waals surface area contributed by atoms with Crippen LogP contribution >= 0.6 is 11.8 Å². The Bertz CT molecular complexity index is 1930. The molecule has 0 saturated carbocycles. The van der Waals surface area contributed by atoms with E-state index in [2.05, 4.69) is 12.2 Å². The van der Waals surface area contributed by atoms with Crippen LogP contribution in [0.1, 0.15) is 46.4 Å². The Morgan fingerprint density at radius 2 is 1.45 bits per heavy atom. The lowest BCUT2D eigenvalue weighted by Gasteiger charge is -2.41. The summed E-state index contributed by atoms with van der Waals surface area (Å²) in [5, 5.41) is 13.2. The number of oxazole rings is 1. The molecule has 2 heterocycles. The van der Waals surface area contributed by atoms with E-state index >= 15 is 0 Å². The highest BCUT2D eigenvalue weighted by atomic mass is 32.2. The van der Waals surface area contributed by atoms with Gasteiger partial charge in [0.1, 0.15) is 5.69 Å². The van der Waals surface area contributed by atoms with Gasteiger partial charge >= 0.3 is 0 Å². The predicted octanol–water partition coefficient (Wildman–Crippen LogP) is 9.34. The minimum Gasteiger partial charge on any atom is -0.431 e.